The van der Waals surface area contributed by atoms with E-state index in [9.17, 15) is 14.4 Å². The second-order valence-corrected chi connectivity index (χ2v) is 7.52. The predicted molar refractivity (Wildman–Crippen MR) is 125 cm³/mol. The molecule has 32 heavy (non-hydrogen) atoms. The van der Waals surface area contributed by atoms with E-state index >= 15 is 0 Å². The zero-order valence-corrected chi connectivity index (χ0v) is 18.3. The van der Waals surface area contributed by atoms with E-state index in [4.69, 9.17) is 10.5 Å². The van der Waals surface area contributed by atoms with Gasteiger partial charge in [0, 0.05) is 6.54 Å². The average Bonchev–Trinajstić information content (AvgIpc) is 2.78. The van der Waals surface area contributed by atoms with Gasteiger partial charge in [-0.2, -0.15) is 0 Å². The minimum atomic E-state index is -0.708. The lowest BCUT2D eigenvalue weighted by Gasteiger charge is -2.25. The van der Waals surface area contributed by atoms with Crippen molar-refractivity contribution in [1.29, 1.82) is 0 Å². The molecule has 0 spiro atoms. The molecule has 168 valence electrons. The molecule has 1 heterocycles. The van der Waals surface area contributed by atoms with Crippen molar-refractivity contribution in [2.45, 2.75) is 39.8 Å². The maximum atomic E-state index is 13.3. The number of nitrogens with one attached hydrogen (secondary N) is 1. The number of aryl methyl sites for hydroxylation is 1. The molecule has 1 amide bonds. The summed E-state index contributed by atoms with van der Waals surface area (Å²) < 4.78 is 7.02. The van der Waals surface area contributed by atoms with Gasteiger partial charge in [0.05, 0.1) is 6.54 Å². The second-order valence-electron chi connectivity index (χ2n) is 7.52. The smallest absolute Gasteiger partial charge is 0.330 e. The number of carbonyl (C=O) groups excluding carboxylic acids is 1. The Labute approximate surface area is 186 Å². The quantitative estimate of drug-likeness (QED) is 0.536. The number of unbranched alkanes of at least 4 members (excludes halogenated alkanes) is 1. The van der Waals surface area contributed by atoms with E-state index in [1.807, 2.05) is 62.4 Å². The number of aromatic amines is 1. The third-order valence-electron chi connectivity index (χ3n) is 5.15. The highest BCUT2D eigenvalue weighted by Gasteiger charge is 2.25. The number of hydrogen-bond donors (Lipinski definition) is 2. The van der Waals surface area contributed by atoms with Gasteiger partial charge in [0.1, 0.15) is 11.6 Å². The Morgan fingerprint density at radius 2 is 1.78 bits per heavy atom. The summed E-state index contributed by atoms with van der Waals surface area (Å²) in [5.74, 6) is 0.0951. The van der Waals surface area contributed by atoms with Gasteiger partial charge in [0.15, 0.2) is 12.3 Å². The van der Waals surface area contributed by atoms with Gasteiger partial charge in [-0.25, -0.2) is 4.79 Å². The first-order valence-electron chi connectivity index (χ1n) is 10.6. The summed E-state index contributed by atoms with van der Waals surface area (Å²) in [6, 6.07) is 16.6. The number of para-hydroxylation sites is 1. The van der Waals surface area contributed by atoms with Crippen LogP contribution < -0.4 is 26.6 Å². The largest absolute Gasteiger partial charge is 0.483 e. The number of ether oxygens (including phenoxy) is 1. The standard InChI is InChI=1S/C24H28N4O4/c1-3-4-14-27-22(25)21(23(30)26-24(27)31)28(15-18-11-6-5-7-12-18)20(29)16-32-19-13-9-8-10-17(19)2/h5-13H,3-4,14-16,25H2,1-2H3,(H,26,30,31). The van der Waals surface area contributed by atoms with Crippen LogP contribution in [0.25, 0.3) is 0 Å². The number of amides is 1. The molecule has 0 aliphatic rings. The van der Waals surface area contributed by atoms with Crippen molar-refractivity contribution in [3.05, 3.63) is 86.6 Å². The molecular weight excluding hydrogens is 408 g/mol. The number of carbonyl (C=O) groups is 1. The third-order valence-corrected chi connectivity index (χ3v) is 5.15. The van der Waals surface area contributed by atoms with Gasteiger partial charge in [-0.15, -0.1) is 0 Å². The first kappa shape index (κ1) is 22.9. The van der Waals surface area contributed by atoms with E-state index in [-0.39, 0.29) is 24.7 Å². The van der Waals surface area contributed by atoms with Crippen LogP contribution in [0.2, 0.25) is 0 Å². The molecule has 0 unspecified atom stereocenters. The molecule has 1 aromatic heterocycles. The highest BCUT2D eigenvalue weighted by atomic mass is 16.5. The number of H-pyrrole nitrogens is 1. The first-order chi connectivity index (χ1) is 15.4. The van der Waals surface area contributed by atoms with Crippen molar-refractivity contribution in [1.82, 2.24) is 9.55 Å². The van der Waals surface area contributed by atoms with E-state index in [0.717, 1.165) is 17.5 Å². The molecule has 3 rings (SSSR count). The Morgan fingerprint density at radius 3 is 2.47 bits per heavy atom. The summed E-state index contributed by atoms with van der Waals surface area (Å²) in [5, 5.41) is 0. The monoisotopic (exact) mass is 436 g/mol. The van der Waals surface area contributed by atoms with Crippen molar-refractivity contribution in [3.63, 3.8) is 0 Å². The highest BCUT2D eigenvalue weighted by molar-refractivity contribution is 5.96. The Bertz CT molecular complexity index is 1180. The van der Waals surface area contributed by atoms with E-state index in [2.05, 4.69) is 4.98 Å². The van der Waals surface area contributed by atoms with Crippen molar-refractivity contribution < 1.29 is 9.53 Å². The van der Waals surface area contributed by atoms with Crippen molar-refractivity contribution in [3.8, 4) is 5.75 Å². The molecule has 8 heteroatoms. The lowest BCUT2D eigenvalue weighted by Crippen LogP contribution is -2.42. The van der Waals surface area contributed by atoms with E-state index in [1.165, 1.54) is 9.47 Å². The molecule has 2 aromatic carbocycles. The van der Waals surface area contributed by atoms with Crippen molar-refractivity contribution in [2.24, 2.45) is 0 Å². The Balaban J connectivity index is 1.99. The molecule has 0 fully saturated rings. The molecule has 0 bridgehead atoms. The van der Waals surface area contributed by atoms with Crippen molar-refractivity contribution in [2.75, 3.05) is 17.2 Å². The fourth-order valence-corrected chi connectivity index (χ4v) is 3.37. The number of hydrogen-bond acceptors (Lipinski definition) is 5. The fraction of sp³-hybridized carbons (Fsp3) is 0.292. The molecule has 0 saturated heterocycles. The summed E-state index contributed by atoms with van der Waals surface area (Å²) >= 11 is 0. The average molecular weight is 437 g/mol. The predicted octanol–water partition coefficient (Wildman–Crippen LogP) is 2.84. The topological polar surface area (TPSA) is 110 Å². The van der Waals surface area contributed by atoms with Crippen LogP contribution in [0.1, 0.15) is 30.9 Å². The van der Waals surface area contributed by atoms with Crippen LogP contribution in [0.15, 0.2) is 64.2 Å². The molecule has 3 N–H and O–H groups in total. The van der Waals surface area contributed by atoms with Gasteiger partial charge in [-0.05, 0) is 30.5 Å². The summed E-state index contributed by atoms with van der Waals surface area (Å²) in [6.07, 6.45) is 1.55. The van der Waals surface area contributed by atoms with Crippen LogP contribution in [0.4, 0.5) is 11.5 Å². The van der Waals surface area contributed by atoms with Gasteiger partial charge in [0.2, 0.25) is 0 Å². The summed E-state index contributed by atoms with van der Waals surface area (Å²) in [4.78, 5) is 41.9. The van der Waals surface area contributed by atoms with Gasteiger partial charge in [-0.1, -0.05) is 61.9 Å². The highest BCUT2D eigenvalue weighted by Crippen LogP contribution is 2.21. The summed E-state index contributed by atoms with van der Waals surface area (Å²) in [5.41, 5.74) is 6.60. The lowest BCUT2D eigenvalue weighted by atomic mass is 10.2. The molecule has 0 aliphatic carbocycles. The Morgan fingerprint density at radius 1 is 1.09 bits per heavy atom. The van der Waals surface area contributed by atoms with Crippen LogP contribution >= 0.6 is 0 Å². The molecule has 0 aliphatic heterocycles. The van der Waals surface area contributed by atoms with Gasteiger partial charge >= 0.3 is 5.69 Å². The molecule has 3 aromatic rings. The number of nitrogens with zero attached hydrogens (tertiary/aromatic N) is 2. The molecule has 8 nitrogen and oxygen atoms in total. The van der Waals surface area contributed by atoms with Crippen LogP contribution in [-0.4, -0.2) is 22.1 Å². The zero-order valence-electron chi connectivity index (χ0n) is 18.3. The fourth-order valence-electron chi connectivity index (χ4n) is 3.37. The van der Waals surface area contributed by atoms with Gasteiger partial charge in [-0.3, -0.25) is 24.0 Å². The molecular formula is C24H28N4O4. The SMILES string of the molecule is CCCCn1c(N)c(N(Cc2ccccc2)C(=O)COc2ccccc2C)c(=O)[nH]c1=O. The van der Waals surface area contributed by atoms with E-state index < -0.39 is 17.2 Å². The lowest BCUT2D eigenvalue weighted by molar-refractivity contribution is -0.120. The number of anilines is 2. The zero-order chi connectivity index (χ0) is 23.1. The van der Waals surface area contributed by atoms with Crippen LogP contribution in [0.3, 0.4) is 0 Å². The van der Waals surface area contributed by atoms with Gasteiger partial charge < -0.3 is 10.5 Å². The molecule has 0 radical (unpaired) electrons. The van der Waals surface area contributed by atoms with Crippen molar-refractivity contribution >= 4 is 17.4 Å². The first-order valence-corrected chi connectivity index (χ1v) is 10.6. The summed E-state index contributed by atoms with van der Waals surface area (Å²) in [6.45, 7) is 4.04. The molecule has 0 saturated carbocycles. The van der Waals surface area contributed by atoms with Crippen LogP contribution in [0, 0.1) is 6.92 Å². The maximum Gasteiger partial charge on any atom is 0.330 e. The van der Waals surface area contributed by atoms with E-state index in [1.54, 1.807) is 6.07 Å². The number of benzene rings is 2. The van der Waals surface area contributed by atoms with Gasteiger partial charge in [0.25, 0.3) is 11.5 Å². The normalized spacial score (nSPS) is 10.7. The summed E-state index contributed by atoms with van der Waals surface area (Å²) in [7, 11) is 0. The third kappa shape index (κ3) is 5.26. The maximum absolute atomic E-state index is 13.3. The second kappa shape index (κ2) is 10.5. The minimum Gasteiger partial charge on any atom is -0.483 e. The number of aromatic nitrogens is 2. The molecule has 0 atom stereocenters. The van der Waals surface area contributed by atoms with Crippen LogP contribution in [0.5, 0.6) is 5.75 Å². The number of nitrogens with two attached hydrogens (primary N) is 1. The van der Waals surface area contributed by atoms with E-state index in [0.29, 0.717) is 18.7 Å². The van der Waals surface area contributed by atoms with Crippen LogP contribution in [-0.2, 0) is 17.9 Å². The Kier molecular flexibility index (Phi) is 7.49. The number of nitrogen functional groups attached to an aromatic ring is 1. The number of rotatable bonds is 9. The minimum absolute atomic E-state index is 0.0348. The Hall–Kier alpha value is -3.81.